The van der Waals surface area contributed by atoms with Crippen LogP contribution in [0, 0.1) is 11.6 Å². The van der Waals surface area contributed by atoms with Crippen LogP contribution in [0.3, 0.4) is 0 Å². The van der Waals surface area contributed by atoms with Crippen LogP contribution in [0.25, 0.3) is 45.3 Å². The highest BCUT2D eigenvalue weighted by molar-refractivity contribution is 5.73. The molecule has 178 valence electrons. The first-order valence-electron chi connectivity index (χ1n) is 10.8. The molecule has 0 saturated heterocycles. The Morgan fingerprint density at radius 3 is 1.42 bits per heavy atom. The zero-order valence-corrected chi connectivity index (χ0v) is 18.5. The van der Waals surface area contributed by atoms with Gasteiger partial charge in [0.25, 0.3) is 0 Å². The smallest absolute Gasteiger partial charge is 0.208 e. The van der Waals surface area contributed by atoms with Gasteiger partial charge in [-0.2, -0.15) is 13.2 Å². The van der Waals surface area contributed by atoms with Crippen molar-refractivity contribution in [2.45, 2.75) is 6.18 Å². The second-order valence-corrected chi connectivity index (χ2v) is 7.93. The van der Waals surface area contributed by atoms with Gasteiger partial charge in [-0.25, -0.2) is 23.7 Å². The molecule has 0 amide bonds. The highest BCUT2D eigenvalue weighted by atomic mass is 19.4. The van der Waals surface area contributed by atoms with Crippen molar-refractivity contribution in [1.29, 1.82) is 0 Å². The minimum Gasteiger partial charge on any atom is -0.208 e. The predicted octanol–water partition coefficient (Wildman–Crippen LogP) is 7.84. The van der Waals surface area contributed by atoms with E-state index in [9.17, 15) is 22.0 Å². The van der Waals surface area contributed by atoms with Gasteiger partial charge in [-0.1, -0.05) is 60.7 Å². The second kappa shape index (κ2) is 9.30. The van der Waals surface area contributed by atoms with E-state index in [1.807, 2.05) is 60.7 Å². The van der Waals surface area contributed by atoms with E-state index in [0.29, 0.717) is 46.5 Å². The molecule has 0 radical (unpaired) electrons. The number of alkyl halides is 3. The molecule has 0 N–H and O–H groups in total. The molecule has 0 atom stereocenters. The number of hydrogen-bond donors (Lipinski definition) is 0. The van der Waals surface area contributed by atoms with Crippen LogP contribution in [0.2, 0.25) is 0 Å². The van der Waals surface area contributed by atoms with Crippen LogP contribution in [-0.2, 0) is 6.18 Å². The maximum absolute atomic E-state index is 14.8. The molecule has 0 aliphatic rings. The quantitative estimate of drug-likeness (QED) is 0.242. The monoisotopic (exact) mass is 489 g/mol. The first kappa shape index (κ1) is 23.3. The molecule has 0 saturated carbocycles. The number of halogens is 5. The minimum absolute atomic E-state index is 0.163. The van der Waals surface area contributed by atoms with Crippen LogP contribution in [-0.4, -0.2) is 15.0 Å². The highest BCUT2D eigenvalue weighted by Crippen LogP contribution is 2.36. The Morgan fingerprint density at radius 2 is 0.917 bits per heavy atom. The van der Waals surface area contributed by atoms with Crippen LogP contribution in [0.1, 0.15) is 5.56 Å². The Bertz CT molecular complexity index is 1480. The summed E-state index contributed by atoms with van der Waals surface area (Å²) < 4.78 is 69.0. The topological polar surface area (TPSA) is 38.7 Å². The van der Waals surface area contributed by atoms with Gasteiger partial charge >= 0.3 is 6.18 Å². The molecule has 0 bridgehead atoms. The second-order valence-electron chi connectivity index (χ2n) is 7.93. The highest BCUT2D eigenvalue weighted by Gasteiger charge is 2.31. The Balaban J connectivity index is 1.69. The molecule has 4 aromatic carbocycles. The van der Waals surface area contributed by atoms with Crippen molar-refractivity contribution >= 4 is 0 Å². The number of benzene rings is 4. The molecule has 0 spiro atoms. The fourth-order valence-corrected chi connectivity index (χ4v) is 3.72. The maximum atomic E-state index is 14.8. The molecular formula is C28H16F5N3. The molecule has 8 heteroatoms. The zero-order chi connectivity index (χ0) is 25.3. The molecule has 1 aromatic heterocycles. The predicted molar refractivity (Wildman–Crippen MR) is 126 cm³/mol. The van der Waals surface area contributed by atoms with E-state index in [-0.39, 0.29) is 11.4 Å². The lowest BCUT2D eigenvalue weighted by Gasteiger charge is -2.12. The van der Waals surface area contributed by atoms with E-state index in [1.165, 1.54) is 12.1 Å². The zero-order valence-electron chi connectivity index (χ0n) is 18.5. The molecule has 0 unspecified atom stereocenters. The molecule has 0 fully saturated rings. The van der Waals surface area contributed by atoms with Gasteiger partial charge in [-0.15, -0.1) is 0 Å². The van der Waals surface area contributed by atoms with E-state index in [2.05, 4.69) is 15.0 Å². The van der Waals surface area contributed by atoms with Crippen molar-refractivity contribution in [3.8, 4) is 45.3 Å². The van der Waals surface area contributed by atoms with Gasteiger partial charge in [0.15, 0.2) is 17.5 Å². The van der Waals surface area contributed by atoms with E-state index < -0.39 is 28.9 Å². The third kappa shape index (κ3) is 4.70. The SMILES string of the molecule is Fc1ccc(-c2nc(-c3ccccc3)nc(-c3ccccc3)n2)cc1-c1cc(C(F)(F)F)ccc1F. The lowest BCUT2D eigenvalue weighted by atomic mass is 9.99. The van der Waals surface area contributed by atoms with E-state index in [1.54, 1.807) is 0 Å². The van der Waals surface area contributed by atoms with Crippen LogP contribution in [0.5, 0.6) is 0 Å². The third-order valence-electron chi connectivity index (χ3n) is 5.51. The van der Waals surface area contributed by atoms with Crippen molar-refractivity contribution < 1.29 is 22.0 Å². The maximum Gasteiger partial charge on any atom is 0.416 e. The number of nitrogens with zero attached hydrogens (tertiary/aromatic N) is 3. The minimum atomic E-state index is -4.71. The van der Waals surface area contributed by atoms with E-state index >= 15 is 0 Å². The summed E-state index contributed by atoms with van der Waals surface area (Å²) in [7, 11) is 0. The summed E-state index contributed by atoms with van der Waals surface area (Å²) in [6, 6.07) is 23.9. The van der Waals surface area contributed by atoms with Crippen molar-refractivity contribution in [2.24, 2.45) is 0 Å². The Kier molecular flexibility index (Phi) is 6.01. The summed E-state index contributed by atoms with van der Waals surface area (Å²) >= 11 is 0. The van der Waals surface area contributed by atoms with E-state index in [4.69, 9.17) is 0 Å². The Hall–Kier alpha value is -4.46. The molecule has 0 aliphatic carbocycles. The van der Waals surface area contributed by atoms with Crippen molar-refractivity contribution in [3.63, 3.8) is 0 Å². The molecule has 5 aromatic rings. The summed E-state index contributed by atoms with van der Waals surface area (Å²) in [6.07, 6.45) is -4.71. The van der Waals surface area contributed by atoms with Gasteiger partial charge in [0.2, 0.25) is 0 Å². The van der Waals surface area contributed by atoms with Crippen LogP contribution >= 0.6 is 0 Å². The van der Waals surface area contributed by atoms with Crippen LogP contribution < -0.4 is 0 Å². The standard InChI is InChI=1S/C28H16F5N3/c29-23-13-11-19(15-21(23)22-16-20(28(31,32)33)12-14-24(22)30)27-35-25(17-7-3-1-4-8-17)34-26(36-27)18-9-5-2-6-10-18/h1-16H. The largest absolute Gasteiger partial charge is 0.416 e. The van der Waals surface area contributed by atoms with Gasteiger partial charge in [0.1, 0.15) is 11.6 Å². The lowest BCUT2D eigenvalue weighted by Crippen LogP contribution is -2.06. The number of rotatable bonds is 4. The van der Waals surface area contributed by atoms with Gasteiger partial charge in [0.05, 0.1) is 5.56 Å². The lowest BCUT2D eigenvalue weighted by molar-refractivity contribution is -0.137. The van der Waals surface area contributed by atoms with Gasteiger partial charge in [-0.3, -0.25) is 0 Å². The number of hydrogen-bond acceptors (Lipinski definition) is 3. The average Bonchev–Trinajstić information content (AvgIpc) is 2.89. The van der Waals surface area contributed by atoms with Crippen LogP contribution in [0.4, 0.5) is 22.0 Å². The first-order chi connectivity index (χ1) is 17.3. The average molecular weight is 489 g/mol. The normalized spacial score (nSPS) is 11.5. The summed E-state index contributed by atoms with van der Waals surface area (Å²) in [5.74, 6) is -0.982. The molecule has 0 aliphatic heterocycles. The third-order valence-corrected chi connectivity index (χ3v) is 5.51. The number of aromatic nitrogens is 3. The van der Waals surface area contributed by atoms with Crippen molar-refractivity contribution in [3.05, 3.63) is 114 Å². The summed E-state index contributed by atoms with van der Waals surface area (Å²) in [4.78, 5) is 13.6. The van der Waals surface area contributed by atoms with Crippen LogP contribution in [0.15, 0.2) is 97.1 Å². The Labute approximate surface area is 203 Å². The Morgan fingerprint density at radius 1 is 0.472 bits per heavy atom. The fourth-order valence-electron chi connectivity index (χ4n) is 3.72. The van der Waals surface area contributed by atoms with Crippen molar-refractivity contribution in [2.75, 3.05) is 0 Å². The van der Waals surface area contributed by atoms with Gasteiger partial charge < -0.3 is 0 Å². The van der Waals surface area contributed by atoms with E-state index in [0.717, 1.165) is 6.07 Å². The van der Waals surface area contributed by atoms with Gasteiger partial charge in [0, 0.05) is 27.8 Å². The molecule has 3 nitrogen and oxygen atoms in total. The summed E-state index contributed by atoms with van der Waals surface area (Å²) in [6.45, 7) is 0. The molecule has 5 rings (SSSR count). The summed E-state index contributed by atoms with van der Waals surface area (Å²) in [5, 5.41) is 0. The molecule has 1 heterocycles. The first-order valence-corrected chi connectivity index (χ1v) is 10.8. The fraction of sp³-hybridized carbons (Fsp3) is 0.0357. The van der Waals surface area contributed by atoms with Crippen molar-refractivity contribution in [1.82, 2.24) is 15.0 Å². The summed E-state index contributed by atoms with van der Waals surface area (Å²) in [5.41, 5.74) is -0.209. The van der Waals surface area contributed by atoms with Gasteiger partial charge in [-0.05, 0) is 36.4 Å². The molecular weight excluding hydrogens is 473 g/mol. The molecule has 36 heavy (non-hydrogen) atoms.